The smallest absolute Gasteiger partial charge is 0.350 e. The number of allylic oxidation sites excluding steroid dienone is 1. The van der Waals surface area contributed by atoms with Crippen LogP contribution < -0.4 is 10.9 Å². The van der Waals surface area contributed by atoms with Crippen LogP contribution in [0.5, 0.6) is 0 Å². The van der Waals surface area contributed by atoms with Gasteiger partial charge in [0.1, 0.15) is 5.56 Å². The largest absolute Gasteiger partial charge is 0.366 e. The Morgan fingerprint density at radius 1 is 1.25 bits per heavy atom. The zero-order valence-electron chi connectivity index (χ0n) is 13.9. The quantitative estimate of drug-likeness (QED) is 0.858. The van der Waals surface area contributed by atoms with E-state index in [2.05, 4.69) is 11.4 Å². The van der Waals surface area contributed by atoms with Crippen molar-refractivity contribution in [3.05, 3.63) is 58.1 Å². The van der Waals surface area contributed by atoms with Crippen LogP contribution in [0.3, 0.4) is 0 Å². The molecule has 0 bridgehead atoms. The average molecular weight is 326 g/mol. The molecule has 1 aromatic heterocycles. The highest BCUT2D eigenvalue weighted by Gasteiger charge is 2.23. The molecule has 1 N–H and O–H groups in total. The van der Waals surface area contributed by atoms with E-state index in [9.17, 15) is 9.59 Å². The first-order valence-electron chi connectivity index (χ1n) is 8.38. The number of nitrogens with one attached hydrogen (secondary N) is 1. The molecule has 0 radical (unpaired) electrons. The first-order valence-corrected chi connectivity index (χ1v) is 8.38. The van der Waals surface area contributed by atoms with E-state index in [0.29, 0.717) is 17.7 Å². The number of carbonyl (C=O) groups excluding carboxylic acids is 1. The molecular formula is C19H22N2O3. The maximum Gasteiger partial charge on any atom is 0.366 e. The molecule has 0 saturated carbocycles. The van der Waals surface area contributed by atoms with Gasteiger partial charge in [0.05, 0.1) is 0 Å². The Bertz CT molecular complexity index is 800. The molecule has 1 aliphatic rings. The van der Waals surface area contributed by atoms with Crippen molar-refractivity contribution in [2.45, 2.75) is 32.1 Å². The van der Waals surface area contributed by atoms with Crippen LogP contribution in [0.4, 0.5) is 0 Å². The van der Waals surface area contributed by atoms with Gasteiger partial charge in [0, 0.05) is 13.6 Å². The molecule has 0 saturated heterocycles. The molecule has 126 valence electrons. The van der Waals surface area contributed by atoms with E-state index in [4.69, 9.17) is 4.52 Å². The highest BCUT2D eigenvalue weighted by molar-refractivity contribution is 5.98. The second-order valence-corrected chi connectivity index (χ2v) is 6.08. The third-order valence-corrected chi connectivity index (χ3v) is 4.37. The summed E-state index contributed by atoms with van der Waals surface area (Å²) in [6.07, 6.45) is 7.88. The number of amides is 1. The summed E-state index contributed by atoms with van der Waals surface area (Å²) >= 11 is 0. The number of hydrogen-bond acceptors (Lipinski definition) is 3. The standard InChI is InChI=1S/C19H22N2O3/c1-21-17(16(19(23)24-21)15-10-6-3-7-11-15)18(22)20-13-12-14-8-4-2-5-9-14/h3,6-8,10-11H,2,4-5,9,12-13H2,1H3,(H,20,22). The molecule has 0 atom stereocenters. The minimum atomic E-state index is -0.496. The number of carbonyl (C=O) groups is 1. The van der Waals surface area contributed by atoms with E-state index >= 15 is 0 Å². The summed E-state index contributed by atoms with van der Waals surface area (Å²) in [6.45, 7) is 0.568. The third kappa shape index (κ3) is 3.50. The summed E-state index contributed by atoms with van der Waals surface area (Å²) in [7, 11) is 1.58. The molecule has 0 aliphatic heterocycles. The van der Waals surface area contributed by atoms with Crippen LogP contribution in [0.2, 0.25) is 0 Å². The molecule has 3 rings (SSSR count). The summed E-state index contributed by atoms with van der Waals surface area (Å²) in [5.74, 6) is -0.279. The fraction of sp³-hybridized carbons (Fsp3) is 0.368. The second-order valence-electron chi connectivity index (χ2n) is 6.08. The summed E-state index contributed by atoms with van der Waals surface area (Å²) in [5.41, 5.74) is 2.18. The van der Waals surface area contributed by atoms with Gasteiger partial charge in [0.25, 0.3) is 5.91 Å². The van der Waals surface area contributed by atoms with E-state index < -0.39 is 5.63 Å². The molecular weight excluding hydrogens is 304 g/mol. The van der Waals surface area contributed by atoms with Gasteiger partial charge in [0.15, 0.2) is 5.69 Å². The summed E-state index contributed by atoms with van der Waals surface area (Å²) < 4.78 is 6.36. The van der Waals surface area contributed by atoms with Crippen molar-refractivity contribution in [2.75, 3.05) is 6.54 Å². The van der Waals surface area contributed by atoms with E-state index in [1.165, 1.54) is 23.2 Å². The van der Waals surface area contributed by atoms with Crippen molar-refractivity contribution in [1.29, 1.82) is 0 Å². The highest BCUT2D eigenvalue weighted by Crippen LogP contribution is 2.21. The Morgan fingerprint density at radius 3 is 2.75 bits per heavy atom. The fourth-order valence-electron chi connectivity index (χ4n) is 3.14. The predicted octanol–water partition coefficient (Wildman–Crippen LogP) is 3.27. The SMILES string of the molecule is Cn1oc(=O)c(-c2ccccc2)c1C(=O)NCCC1=CCCCC1. The Kier molecular flexibility index (Phi) is 4.99. The van der Waals surface area contributed by atoms with Crippen LogP contribution in [-0.2, 0) is 7.05 Å². The molecule has 1 heterocycles. The third-order valence-electron chi connectivity index (χ3n) is 4.37. The Balaban J connectivity index is 1.75. The monoisotopic (exact) mass is 326 g/mol. The minimum absolute atomic E-state index is 0.267. The summed E-state index contributed by atoms with van der Waals surface area (Å²) in [4.78, 5) is 24.7. The van der Waals surface area contributed by atoms with Crippen LogP contribution in [0.25, 0.3) is 11.1 Å². The lowest BCUT2D eigenvalue weighted by Gasteiger charge is -2.13. The van der Waals surface area contributed by atoms with Gasteiger partial charge in [-0.25, -0.2) is 9.53 Å². The number of hydrogen-bond donors (Lipinski definition) is 1. The molecule has 1 aliphatic carbocycles. The molecule has 1 amide bonds. The van der Waals surface area contributed by atoms with Gasteiger partial charge < -0.3 is 9.84 Å². The molecule has 24 heavy (non-hydrogen) atoms. The molecule has 2 aromatic rings. The van der Waals surface area contributed by atoms with Crippen molar-refractivity contribution in [3.63, 3.8) is 0 Å². The van der Waals surface area contributed by atoms with Crippen LogP contribution >= 0.6 is 0 Å². The van der Waals surface area contributed by atoms with E-state index in [1.54, 1.807) is 19.2 Å². The van der Waals surface area contributed by atoms with Crippen molar-refractivity contribution in [3.8, 4) is 11.1 Å². The summed E-state index contributed by atoms with van der Waals surface area (Å²) in [5, 5.41) is 2.91. The Hall–Kier alpha value is -2.56. The topological polar surface area (TPSA) is 64.2 Å². The van der Waals surface area contributed by atoms with Gasteiger partial charge in [0.2, 0.25) is 0 Å². The zero-order valence-corrected chi connectivity index (χ0v) is 13.9. The molecule has 5 nitrogen and oxygen atoms in total. The number of aromatic nitrogens is 1. The number of rotatable bonds is 5. The maximum absolute atomic E-state index is 12.6. The maximum atomic E-state index is 12.6. The average Bonchev–Trinajstić information content (AvgIpc) is 2.90. The lowest BCUT2D eigenvalue weighted by molar-refractivity contribution is 0.0934. The summed E-state index contributed by atoms with van der Waals surface area (Å²) in [6, 6.07) is 9.13. The van der Waals surface area contributed by atoms with Crippen molar-refractivity contribution < 1.29 is 9.32 Å². The van der Waals surface area contributed by atoms with Gasteiger partial charge in [-0.3, -0.25) is 4.79 Å². The van der Waals surface area contributed by atoms with Crippen molar-refractivity contribution in [1.82, 2.24) is 10.1 Å². The predicted molar refractivity (Wildman–Crippen MR) is 92.9 cm³/mol. The van der Waals surface area contributed by atoms with Gasteiger partial charge in [-0.2, -0.15) is 0 Å². The molecule has 0 spiro atoms. The molecule has 0 unspecified atom stereocenters. The van der Waals surface area contributed by atoms with Crippen LogP contribution in [-0.4, -0.2) is 17.2 Å². The molecule has 5 heteroatoms. The Morgan fingerprint density at radius 2 is 2.04 bits per heavy atom. The first-order chi connectivity index (χ1) is 11.7. The van der Waals surface area contributed by atoms with Crippen molar-refractivity contribution >= 4 is 5.91 Å². The molecule has 1 aromatic carbocycles. The van der Waals surface area contributed by atoms with Gasteiger partial charge in [-0.15, -0.1) is 0 Å². The minimum Gasteiger partial charge on any atom is -0.350 e. The van der Waals surface area contributed by atoms with E-state index in [0.717, 1.165) is 19.3 Å². The van der Waals surface area contributed by atoms with Crippen molar-refractivity contribution in [2.24, 2.45) is 7.05 Å². The molecule has 0 fully saturated rings. The van der Waals surface area contributed by atoms with E-state index in [1.807, 2.05) is 18.2 Å². The van der Waals surface area contributed by atoms with Gasteiger partial charge >= 0.3 is 5.63 Å². The number of aryl methyl sites for hydroxylation is 1. The van der Waals surface area contributed by atoms with Crippen LogP contribution in [0.15, 0.2) is 51.3 Å². The van der Waals surface area contributed by atoms with E-state index in [-0.39, 0.29) is 11.6 Å². The van der Waals surface area contributed by atoms with Crippen LogP contribution in [0, 0.1) is 0 Å². The first kappa shape index (κ1) is 16.3. The lowest BCUT2D eigenvalue weighted by Crippen LogP contribution is -2.27. The second kappa shape index (κ2) is 7.34. The van der Waals surface area contributed by atoms with Gasteiger partial charge in [-0.1, -0.05) is 42.0 Å². The van der Waals surface area contributed by atoms with Crippen LogP contribution in [0.1, 0.15) is 42.6 Å². The highest BCUT2D eigenvalue weighted by atomic mass is 16.5. The lowest BCUT2D eigenvalue weighted by atomic mass is 9.97. The fourth-order valence-corrected chi connectivity index (χ4v) is 3.14. The van der Waals surface area contributed by atoms with Gasteiger partial charge in [-0.05, 0) is 37.7 Å². The normalized spacial score (nSPS) is 14.3. The number of nitrogens with zero attached hydrogens (tertiary/aromatic N) is 1. The zero-order chi connectivity index (χ0) is 16.9. The number of benzene rings is 1. The Labute approximate surface area is 140 Å².